The Morgan fingerprint density at radius 1 is 1.00 bits per heavy atom. The normalized spacial score (nSPS) is 10.1. The molecule has 6 heteroatoms. The molecule has 6 nitrogen and oxygen atoms in total. The van der Waals surface area contributed by atoms with Crippen molar-refractivity contribution in [1.82, 2.24) is 0 Å². The minimum Gasteiger partial charge on any atom is -0.469 e. The van der Waals surface area contributed by atoms with E-state index in [2.05, 4.69) is 10.1 Å². The molecule has 1 rings (SSSR count). The number of hydrogen-bond donors (Lipinski definition) is 1. The molecule has 0 atom stereocenters. The van der Waals surface area contributed by atoms with Crippen LogP contribution in [0.4, 0.5) is 5.69 Å². The van der Waals surface area contributed by atoms with Gasteiger partial charge in [0.05, 0.1) is 13.5 Å². The first kappa shape index (κ1) is 19.5. The lowest BCUT2D eigenvalue weighted by Gasteiger charge is -2.06. The van der Waals surface area contributed by atoms with Gasteiger partial charge >= 0.3 is 5.97 Å². The molecule has 0 heterocycles. The predicted octanol–water partition coefficient (Wildman–Crippen LogP) is 2.45. The maximum atomic E-state index is 11.7. The Balaban J connectivity index is 2.36. The summed E-state index contributed by atoms with van der Waals surface area (Å²) in [5, 5.41) is 2.75. The molecule has 0 aliphatic carbocycles. The molecule has 0 bridgehead atoms. The van der Waals surface area contributed by atoms with Crippen LogP contribution >= 0.6 is 0 Å². The number of Topliss-reactive ketones (excluding diaryl/α,β-unsaturated/α-hetero) is 2. The van der Waals surface area contributed by atoms with E-state index in [0.717, 1.165) is 5.56 Å². The van der Waals surface area contributed by atoms with Gasteiger partial charge in [-0.05, 0) is 37.5 Å². The second-order valence-corrected chi connectivity index (χ2v) is 5.59. The van der Waals surface area contributed by atoms with Crippen LogP contribution in [0.5, 0.6) is 0 Å². The number of hydrogen-bond acceptors (Lipinski definition) is 5. The Bertz CT molecular complexity index is 592. The van der Waals surface area contributed by atoms with Crippen LogP contribution in [0.3, 0.4) is 0 Å². The molecule has 0 saturated heterocycles. The number of anilines is 1. The molecule has 1 aromatic rings. The Labute approximate surface area is 141 Å². The van der Waals surface area contributed by atoms with Crippen LogP contribution in [0.2, 0.25) is 0 Å². The van der Waals surface area contributed by atoms with Crippen molar-refractivity contribution in [2.24, 2.45) is 0 Å². The number of esters is 1. The van der Waals surface area contributed by atoms with Gasteiger partial charge in [0.1, 0.15) is 11.6 Å². The standard InChI is InChI=1S/C18H23NO5/c1-13(20)12-16(21)11-8-14-6-9-15(10-7-14)19-17(22)4-3-5-18(23)24-2/h6-7,9-10H,3-5,8,11-12H2,1-2H3,(H,19,22). The van der Waals surface area contributed by atoms with Crippen molar-refractivity contribution in [1.29, 1.82) is 0 Å². The van der Waals surface area contributed by atoms with E-state index in [0.29, 0.717) is 24.9 Å². The fourth-order valence-corrected chi connectivity index (χ4v) is 2.12. The zero-order chi connectivity index (χ0) is 17.9. The third-order valence-electron chi connectivity index (χ3n) is 3.39. The summed E-state index contributed by atoms with van der Waals surface area (Å²) >= 11 is 0. The van der Waals surface area contributed by atoms with E-state index in [4.69, 9.17) is 0 Å². The Morgan fingerprint density at radius 3 is 2.25 bits per heavy atom. The number of methoxy groups -OCH3 is 1. The summed E-state index contributed by atoms with van der Waals surface area (Å²) in [4.78, 5) is 45.1. The first-order valence-corrected chi connectivity index (χ1v) is 7.87. The summed E-state index contributed by atoms with van der Waals surface area (Å²) in [6.07, 6.45) is 1.79. The van der Waals surface area contributed by atoms with Crippen LogP contribution < -0.4 is 5.32 Å². The van der Waals surface area contributed by atoms with Gasteiger partial charge in [-0.3, -0.25) is 19.2 Å². The first-order chi connectivity index (χ1) is 11.4. The van der Waals surface area contributed by atoms with Gasteiger partial charge < -0.3 is 10.1 Å². The number of ketones is 2. The predicted molar refractivity (Wildman–Crippen MR) is 89.6 cm³/mol. The van der Waals surface area contributed by atoms with Gasteiger partial charge in [0.2, 0.25) is 5.91 Å². The quantitative estimate of drug-likeness (QED) is 0.525. The second-order valence-electron chi connectivity index (χ2n) is 5.59. The van der Waals surface area contributed by atoms with Gasteiger partial charge in [-0.2, -0.15) is 0 Å². The zero-order valence-electron chi connectivity index (χ0n) is 14.1. The highest BCUT2D eigenvalue weighted by atomic mass is 16.5. The molecular formula is C18H23NO5. The molecule has 1 amide bonds. The number of carbonyl (C=O) groups excluding carboxylic acids is 4. The summed E-state index contributed by atoms with van der Waals surface area (Å²) in [6.45, 7) is 1.40. The third kappa shape index (κ3) is 8.22. The maximum Gasteiger partial charge on any atom is 0.305 e. The molecule has 0 aromatic heterocycles. The molecule has 24 heavy (non-hydrogen) atoms. The number of benzene rings is 1. The van der Waals surface area contributed by atoms with Crippen LogP contribution in [0.15, 0.2) is 24.3 Å². The minimum absolute atomic E-state index is 0.0142. The van der Waals surface area contributed by atoms with Crippen molar-refractivity contribution in [2.75, 3.05) is 12.4 Å². The summed E-state index contributed by atoms with van der Waals surface area (Å²) in [5.41, 5.74) is 1.63. The van der Waals surface area contributed by atoms with E-state index >= 15 is 0 Å². The topological polar surface area (TPSA) is 89.5 Å². The third-order valence-corrected chi connectivity index (χ3v) is 3.39. The van der Waals surface area contributed by atoms with Crippen molar-refractivity contribution in [3.8, 4) is 0 Å². The molecule has 0 spiro atoms. The fourth-order valence-electron chi connectivity index (χ4n) is 2.12. The molecule has 0 radical (unpaired) electrons. The molecule has 1 aromatic carbocycles. The van der Waals surface area contributed by atoms with Crippen molar-refractivity contribution in [2.45, 2.75) is 45.4 Å². The lowest BCUT2D eigenvalue weighted by atomic mass is 10.0. The Morgan fingerprint density at radius 2 is 1.67 bits per heavy atom. The van der Waals surface area contributed by atoms with Crippen LogP contribution in [-0.4, -0.2) is 30.6 Å². The highest BCUT2D eigenvalue weighted by Gasteiger charge is 2.07. The highest BCUT2D eigenvalue weighted by Crippen LogP contribution is 2.12. The number of aryl methyl sites for hydroxylation is 1. The Kier molecular flexibility index (Phi) is 8.39. The SMILES string of the molecule is COC(=O)CCCC(=O)Nc1ccc(CCC(=O)CC(C)=O)cc1. The van der Waals surface area contributed by atoms with Crippen molar-refractivity contribution >= 4 is 29.1 Å². The van der Waals surface area contributed by atoms with Gasteiger partial charge in [0, 0.05) is 24.9 Å². The summed E-state index contributed by atoms with van der Waals surface area (Å²) in [5.74, 6) is -0.675. The second kappa shape index (κ2) is 10.3. The van der Waals surface area contributed by atoms with Crippen LogP contribution in [0.25, 0.3) is 0 Å². The molecule has 0 aliphatic heterocycles. The maximum absolute atomic E-state index is 11.7. The fraction of sp³-hybridized carbons (Fsp3) is 0.444. The smallest absolute Gasteiger partial charge is 0.305 e. The minimum atomic E-state index is -0.327. The number of amides is 1. The lowest BCUT2D eigenvalue weighted by Crippen LogP contribution is -2.12. The first-order valence-electron chi connectivity index (χ1n) is 7.87. The molecule has 0 fully saturated rings. The summed E-state index contributed by atoms with van der Waals surface area (Å²) in [6, 6.07) is 7.21. The van der Waals surface area contributed by atoms with Crippen molar-refractivity contribution in [3.05, 3.63) is 29.8 Å². The lowest BCUT2D eigenvalue weighted by molar-refractivity contribution is -0.140. The van der Waals surface area contributed by atoms with Gasteiger partial charge in [-0.1, -0.05) is 12.1 Å². The van der Waals surface area contributed by atoms with Crippen LogP contribution in [-0.2, 0) is 30.3 Å². The Hall–Kier alpha value is -2.50. The molecule has 0 unspecified atom stereocenters. The van der Waals surface area contributed by atoms with Gasteiger partial charge in [-0.25, -0.2) is 0 Å². The number of ether oxygens (including phenoxy) is 1. The van der Waals surface area contributed by atoms with Crippen molar-refractivity contribution < 1.29 is 23.9 Å². The van der Waals surface area contributed by atoms with E-state index in [1.165, 1.54) is 14.0 Å². The van der Waals surface area contributed by atoms with Crippen LogP contribution in [0, 0.1) is 0 Å². The van der Waals surface area contributed by atoms with E-state index in [9.17, 15) is 19.2 Å². The van der Waals surface area contributed by atoms with Gasteiger partial charge in [0.25, 0.3) is 0 Å². The molecule has 1 N–H and O–H groups in total. The average molecular weight is 333 g/mol. The van der Waals surface area contributed by atoms with E-state index < -0.39 is 0 Å². The molecular weight excluding hydrogens is 310 g/mol. The summed E-state index contributed by atoms with van der Waals surface area (Å²) < 4.78 is 4.51. The van der Waals surface area contributed by atoms with Gasteiger partial charge in [-0.15, -0.1) is 0 Å². The van der Waals surface area contributed by atoms with Crippen LogP contribution in [0.1, 0.15) is 44.6 Å². The molecule has 0 saturated carbocycles. The molecule has 0 aliphatic rings. The average Bonchev–Trinajstić information content (AvgIpc) is 2.53. The monoisotopic (exact) mass is 333 g/mol. The number of nitrogens with one attached hydrogen (secondary N) is 1. The largest absolute Gasteiger partial charge is 0.469 e. The van der Waals surface area contributed by atoms with E-state index in [-0.39, 0.29) is 42.7 Å². The van der Waals surface area contributed by atoms with Crippen molar-refractivity contribution in [3.63, 3.8) is 0 Å². The zero-order valence-corrected chi connectivity index (χ0v) is 14.1. The summed E-state index contributed by atoms with van der Waals surface area (Å²) in [7, 11) is 1.32. The number of carbonyl (C=O) groups is 4. The molecule has 130 valence electrons. The van der Waals surface area contributed by atoms with E-state index in [1.54, 1.807) is 12.1 Å². The van der Waals surface area contributed by atoms with Gasteiger partial charge in [0.15, 0.2) is 0 Å². The highest BCUT2D eigenvalue weighted by molar-refractivity contribution is 5.98. The van der Waals surface area contributed by atoms with E-state index in [1.807, 2.05) is 12.1 Å². The number of rotatable bonds is 10.